The van der Waals surface area contributed by atoms with Crippen molar-refractivity contribution in [1.82, 2.24) is 9.97 Å². The molecule has 0 amide bonds. The van der Waals surface area contributed by atoms with Gasteiger partial charge in [0.2, 0.25) is 5.76 Å². The number of hydrogen-bond acceptors (Lipinski definition) is 5. The molecule has 0 aliphatic carbocycles. The van der Waals surface area contributed by atoms with E-state index < -0.39 is 5.97 Å². The summed E-state index contributed by atoms with van der Waals surface area (Å²) in [7, 11) is 0. The Morgan fingerprint density at radius 3 is 2.94 bits per heavy atom. The van der Waals surface area contributed by atoms with Crippen LogP contribution in [-0.4, -0.2) is 21.0 Å². The standard InChI is InChI=1S/C12H12N2O3S/c1-2-3-8-6-10(14-7-13-8)18-11-5-4-9(17-11)12(15)16/h4-7H,2-3H2,1H3,(H,15,16). The van der Waals surface area contributed by atoms with Gasteiger partial charge >= 0.3 is 5.97 Å². The molecule has 0 radical (unpaired) electrons. The van der Waals surface area contributed by atoms with E-state index in [-0.39, 0.29) is 5.76 Å². The Labute approximate surface area is 108 Å². The minimum absolute atomic E-state index is 0.0691. The first-order valence-corrected chi connectivity index (χ1v) is 6.32. The van der Waals surface area contributed by atoms with E-state index in [2.05, 4.69) is 16.9 Å². The fourth-order valence-corrected chi connectivity index (χ4v) is 2.19. The van der Waals surface area contributed by atoms with E-state index in [0.29, 0.717) is 5.09 Å². The van der Waals surface area contributed by atoms with Gasteiger partial charge in [0.1, 0.15) is 11.4 Å². The van der Waals surface area contributed by atoms with Crippen molar-refractivity contribution < 1.29 is 14.3 Å². The quantitative estimate of drug-likeness (QED) is 0.837. The molecule has 0 aromatic carbocycles. The molecule has 2 aromatic heterocycles. The Morgan fingerprint density at radius 1 is 1.44 bits per heavy atom. The minimum atomic E-state index is -1.07. The van der Waals surface area contributed by atoms with Crippen LogP contribution in [0.15, 0.2) is 39.1 Å². The van der Waals surface area contributed by atoms with Gasteiger partial charge in [-0.3, -0.25) is 0 Å². The van der Waals surface area contributed by atoms with Crippen molar-refractivity contribution >= 4 is 17.7 Å². The van der Waals surface area contributed by atoms with Crippen LogP contribution in [0.2, 0.25) is 0 Å². The number of hydrogen-bond donors (Lipinski definition) is 1. The number of carboxylic acid groups (broad SMARTS) is 1. The van der Waals surface area contributed by atoms with Crippen molar-refractivity contribution in [2.75, 3.05) is 0 Å². The predicted molar refractivity (Wildman–Crippen MR) is 65.8 cm³/mol. The molecule has 6 heteroatoms. The lowest BCUT2D eigenvalue weighted by atomic mass is 10.2. The smallest absolute Gasteiger partial charge is 0.371 e. The molecule has 18 heavy (non-hydrogen) atoms. The molecule has 0 spiro atoms. The van der Waals surface area contributed by atoms with Gasteiger partial charge in [-0.15, -0.1) is 0 Å². The third-order valence-electron chi connectivity index (χ3n) is 2.20. The van der Waals surface area contributed by atoms with Crippen molar-refractivity contribution in [3.8, 4) is 0 Å². The van der Waals surface area contributed by atoms with Crippen LogP contribution in [0.4, 0.5) is 0 Å². The summed E-state index contributed by atoms with van der Waals surface area (Å²) in [6, 6.07) is 4.94. The maximum absolute atomic E-state index is 10.7. The van der Waals surface area contributed by atoms with Crippen LogP contribution in [0.3, 0.4) is 0 Å². The largest absolute Gasteiger partial charge is 0.475 e. The van der Waals surface area contributed by atoms with E-state index in [4.69, 9.17) is 9.52 Å². The molecule has 2 aromatic rings. The van der Waals surface area contributed by atoms with Crippen LogP contribution >= 0.6 is 11.8 Å². The Morgan fingerprint density at radius 2 is 2.28 bits per heavy atom. The van der Waals surface area contributed by atoms with Crippen LogP contribution in [0, 0.1) is 0 Å². The summed E-state index contributed by atoms with van der Waals surface area (Å²) in [6.45, 7) is 2.08. The molecule has 0 unspecified atom stereocenters. The molecule has 0 aliphatic heterocycles. The maximum Gasteiger partial charge on any atom is 0.371 e. The lowest BCUT2D eigenvalue weighted by Crippen LogP contribution is -1.92. The van der Waals surface area contributed by atoms with Crippen LogP contribution < -0.4 is 0 Å². The Bertz CT molecular complexity index is 554. The van der Waals surface area contributed by atoms with Crippen LogP contribution in [-0.2, 0) is 6.42 Å². The molecule has 2 heterocycles. The van der Waals surface area contributed by atoms with E-state index in [9.17, 15) is 4.79 Å². The van der Waals surface area contributed by atoms with E-state index in [1.54, 1.807) is 6.07 Å². The topological polar surface area (TPSA) is 76.2 Å². The van der Waals surface area contributed by atoms with Crippen molar-refractivity contribution in [2.45, 2.75) is 29.9 Å². The van der Waals surface area contributed by atoms with Gasteiger partial charge in [-0.1, -0.05) is 13.3 Å². The predicted octanol–water partition coefficient (Wildman–Crippen LogP) is 2.87. The minimum Gasteiger partial charge on any atom is -0.475 e. The van der Waals surface area contributed by atoms with Crippen LogP contribution in [0.25, 0.3) is 0 Å². The summed E-state index contributed by atoms with van der Waals surface area (Å²) in [6.07, 6.45) is 3.42. The number of nitrogens with zero attached hydrogens (tertiary/aromatic N) is 2. The van der Waals surface area contributed by atoms with Crippen molar-refractivity contribution in [3.63, 3.8) is 0 Å². The second-order valence-corrected chi connectivity index (χ2v) is 4.65. The number of furan rings is 1. The summed E-state index contributed by atoms with van der Waals surface area (Å²) < 4.78 is 5.15. The number of carbonyl (C=O) groups is 1. The highest BCUT2D eigenvalue weighted by Crippen LogP contribution is 2.27. The second-order valence-electron chi connectivity index (χ2n) is 3.62. The molecule has 5 nitrogen and oxygen atoms in total. The first-order chi connectivity index (χ1) is 8.69. The number of rotatable bonds is 5. The van der Waals surface area contributed by atoms with Crippen LogP contribution in [0.1, 0.15) is 29.6 Å². The molecular weight excluding hydrogens is 252 g/mol. The van der Waals surface area contributed by atoms with Gasteiger partial charge in [0.25, 0.3) is 0 Å². The Balaban J connectivity index is 2.12. The average molecular weight is 264 g/mol. The third-order valence-corrected chi connectivity index (χ3v) is 3.06. The van der Waals surface area contributed by atoms with Crippen LogP contribution in [0.5, 0.6) is 0 Å². The third kappa shape index (κ3) is 3.10. The highest BCUT2D eigenvalue weighted by molar-refractivity contribution is 7.99. The lowest BCUT2D eigenvalue weighted by molar-refractivity contribution is 0.0656. The van der Waals surface area contributed by atoms with Gasteiger partial charge < -0.3 is 9.52 Å². The van der Waals surface area contributed by atoms with Gasteiger partial charge in [0.15, 0.2) is 5.09 Å². The molecule has 0 fully saturated rings. The number of carboxylic acids is 1. The zero-order valence-corrected chi connectivity index (χ0v) is 10.6. The number of aromatic nitrogens is 2. The SMILES string of the molecule is CCCc1cc(Sc2ccc(C(=O)O)o2)ncn1. The average Bonchev–Trinajstić information content (AvgIpc) is 2.78. The molecule has 0 saturated heterocycles. The van der Waals surface area contributed by atoms with Gasteiger partial charge in [0, 0.05) is 5.69 Å². The van der Waals surface area contributed by atoms with Gasteiger partial charge in [0.05, 0.1) is 0 Å². The molecule has 1 N–H and O–H groups in total. The normalized spacial score (nSPS) is 10.5. The second kappa shape index (κ2) is 5.68. The summed E-state index contributed by atoms with van der Waals surface area (Å²) in [4.78, 5) is 18.9. The van der Waals surface area contributed by atoms with E-state index in [1.165, 1.54) is 24.2 Å². The highest BCUT2D eigenvalue weighted by Gasteiger charge is 2.10. The van der Waals surface area contributed by atoms with Crippen molar-refractivity contribution in [3.05, 3.63) is 36.0 Å². The fraction of sp³-hybridized carbons (Fsp3) is 0.250. The number of aromatic carboxylic acids is 1. The lowest BCUT2D eigenvalue weighted by Gasteiger charge is -2.00. The van der Waals surface area contributed by atoms with Gasteiger partial charge in [-0.2, -0.15) is 0 Å². The first-order valence-electron chi connectivity index (χ1n) is 5.51. The van der Waals surface area contributed by atoms with E-state index in [0.717, 1.165) is 23.6 Å². The zero-order valence-electron chi connectivity index (χ0n) is 9.79. The molecule has 0 aliphatic rings. The van der Waals surface area contributed by atoms with E-state index >= 15 is 0 Å². The summed E-state index contributed by atoms with van der Waals surface area (Å²) in [5.41, 5.74) is 0.972. The summed E-state index contributed by atoms with van der Waals surface area (Å²) in [5.74, 6) is -1.14. The number of aryl methyl sites for hydroxylation is 1. The van der Waals surface area contributed by atoms with Crippen molar-refractivity contribution in [2.24, 2.45) is 0 Å². The molecular formula is C12H12N2O3S. The molecule has 0 saturated carbocycles. The summed E-state index contributed by atoms with van der Waals surface area (Å²) in [5, 5.41) is 10.0. The maximum atomic E-state index is 10.7. The summed E-state index contributed by atoms with van der Waals surface area (Å²) >= 11 is 1.28. The van der Waals surface area contributed by atoms with Gasteiger partial charge in [-0.05, 0) is 36.4 Å². The zero-order chi connectivity index (χ0) is 13.0. The highest BCUT2D eigenvalue weighted by atomic mass is 32.2. The van der Waals surface area contributed by atoms with Gasteiger partial charge in [-0.25, -0.2) is 14.8 Å². The Hall–Kier alpha value is -1.82. The van der Waals surface area contributed by atoms with Crippen molar-refractivity contribution in [1.29, 1.82) is 0 Å². The molecule has 94 valence electrons. The monoisotopic (exact) mass is 264 g/mol. The molecule has 2 rings (SSSR count). The molecule has 0 bridgehead atoms. The molecule has 0 atom stereocenters. The van der Waals surface area contributed by atoms with E-state index in [1.807, 2.05) is 6.07 Å². The Kier molecular flexibility index (Phi) is 3.99. The first kappa shape index (κ1) is 12.6. The fourth-order valence-electron chi connectivity index (χ4n) is 1.42.